The Morgan fingerprint density at radius 2 is 1.88 bits per heavy atom. The third-order valence-electron chi connectivity index (χ3n) is 2.83. The van der Waals surface area contributed by atoms with Crippen molar-refractivity contribution in [3.05, 3.63) is 59.7 Å². The number of hydrogen-bond acceptors (Lipinski definition) is 6. The molecule has 1 aromatic carbocycles. The van der Waals surface area contributed by atoms with Crippen LogP contribution in [-0.4, -0.2) is 11.2 Å². The van der Waals surface area contributed by atoms with Crippen LogP contribution >= 0.6 is 57.7 Å². The molecule has 126 valence electrons. The Labute approximate surface area is 167 Å². The van der Waals surface area contributed by atoms with Gasteiger partial charge in [0, 0.05) is 11.8 Å². The molecule has 2 aromatic rings. The maximum absolute atomic E-state index is 9.27. The monoisotopic (exact) mass is 429 g/mol. The fourth-order valence-electron chi connectivity index (χ4n) is 1.67. The standard InChI is InChI=1S/C15H7Cl4N5S/c16-9-2-1-3-10(17)8(9)6-22-11(4-20)12(5-21)23-7-13-14(18)24-15(19)25-13/h1-3,6,23H,7H2. The van der Waals surface area contributed by atoms with Gasteiger partial charge < -0.3 is 5.32 Å². The summed E-state index contributed by atoms with van der Waals surface area (Å²) in [5.41, 5.74) is 0.306. The van der Waals surface area contributed by atoms with Crippen molar-refractivity contribution in [2.24, 2.45) is 4.99 Å². The van der Waals surface area contributed by atoms with Crippen LogP contribution in [0.15, 0.2) is 34.6 Å². The average molecular weight is 431 g/mol. The molecule has 0 saturated heterocycles. The molecule has 0 atom stereocenters. The van der Waals surface area contributed by atoms with Gasteiger partial charge in [0.1, 0.15) is 17.3 Å². The number of benzene rings is 1. The summed E-state index contributed by atoms with van der Waals surface area (Å²) < 4.78 is 0.288. The van der Waals surface area contributed by atoms with E-state index in [1.807, 2.05) is 12.1 Å². The minimum absolute atomic E-state index is 0.0254. The third-order valence-corrected chi connectivity index (χ3v) is 5.07. The molecule has 1 N–H and O–H groups in total. The van der Waals surface area contributed by atoms with Gasteiger partial charge in [-0.1, -0.05) is 52.5 Å². The zero-order valence-electron chi connectivity index (χ0n) is 12.2. The molecule has 0 aliphatic rings. The van der Waals surface area contributed by atoms with Gasteiger partial charge >= 0.3 is 0 Å². The van der Waals surface area contributed by atoms with Gasteiger partial charge in [0.15, 0.2) is 15.9 Å². The molecule has 5 nitrogen and oxygen atoms in total. The zero-order chi connectivity index (χ0) is 18.4. The molecule has 2 rings (SSSR count). The maximum Gasteiger partial charge on any atom is 0.185 e. The molecule has 0 amide bonds. The highest BCUT2D eigenvalue weighted by molar-refractivity contribution is 7.16. The van der Waals surface area contributed by atoms with Crippen molar-refractivity contribution >= 4 is 64.0 Å². The smallest absolute Gasteiger partial charge is 0.185 e. The normalized spacial score (nSPS) is 11.8. The first kappa shape index (κ1) is 19.5. The van der Waals surface area contributed by atoms with Crippen LogP contribution in [0.2, 0.25) is 19.7 Å². The molecule has 0 radical (unpaired) electrons. The average Bonchev–Trinajstić information content (AvgIpc) is 2.90. The van der Waals surface area contributed by atoms with Gasteiger partial charge in [0.25, 0.3) is 0 Å². The van der Waals surface area contributed by atoms with Crippen molar-refractivity contribution in [2.45, 2.75) is 6.54 Å². The highest BCUT2D eigenvalue weighted by Gasteiger charge is 2.11. The predicted molar refractivity (Wildman–Crippen MR) is 101 cm³/mol. The second-order valence-corrected chi connectivity index (χ2v) is 7.21. The van der Waals surface area contributed by atoms with Crippen molar-refractivity contribution < 1.29 is 0 Å². The first-order valence-electron chi connectivity index (χ1n) is 6.53. The fraction of sp³-hybridized carbons (Fsp3) is 0.0667. The SMILES string of the molecule is N#CC(N=Cc1c(Cl)cccc1Cl)=C(C#N)NCc1sc(Cl)nc1Cl. The highest BCUT2D eigenvalue weighted by Crippen LogP contribution is 2.26. The lowest BCUT2D eigenvalue weighted by Gasteiger charge is -2.04. The molecular formula is C15H7Cl4N5S. The van der Waals surface area contributed by atoms with Crippen molar-refractivity contribution in [2.75, 3.05) is 0 Å². The molecule has 0 unspecified atom stereocenters. The highest BCUT2D eigenvalue weighted by atomic mass is 35.5. The van der Waals surface area contributed by atoms with E-state index in [0.717, 1.165) is 0 Å². The number of nitrogens with one attached hydrogen (secondary N) is 1. The van der Waals surface area contributed by atoms with Crippen molar-refractivity contribution in [1.82, 2.24) is 10.3 Å². The molecular weight excluding hydrogens is 424 g/mol. The van der Waals surface area contributed by atoms with Gasteiger partial charge in [-0.05, 0) is 12.1 Å². The number of aromatic nitrogens is 1. The van der Waals surface area contributed by atoms with Gasteiger partial charge in [-0.25, -0.2) is 9.98 Å². The molecule has 1 aromatic heterocycles. The zero-order valence-corrected chi connectivity index (χ0v) is 16.1. The first-order valence-corrected chi connectivity index (χ1v) is 8.86. The van der Waals surface area contributed by atoms with E-state index in [2.05, 4.69) is 15.3 Å². The first-order chi connectivity index (χ1) is 12.0. The number of rotatable bonds is 5. The van der Waals surface area contributed by atoms with Crippen molar-refractivity contribution in [3.8, 4) is 12.1 Å². The summed E-state index contributed by atoms with van der Waals surface area (Å²) in [7, 11) is 0. The van der Waals surface area contributed by atoms with Crippen LogP contribution in [0, 0.1) is 22.7 Å². The largest absolute Gasteiger partial charge is 0.369 e. The minimum atomic E-state index is -0.120. The fourth-order valence-corrected chi connectivity index (χ4v) is 3.51. The van der Waals surface area contributed by atoms with Crippen LogP contribution in [0.5, 0.6) is 0 Å². The molecule has 0 bridgehead atoms. The number of halogens is 4. The van der Waals surface area contributed by atoms with E-state index in [-0.39, 0.29) is 27.6 Å². The molecule has 1 heterocycles. The molecule has 0 aliphatic carbocycles. The minimum Gasteiger partial charge on any atom is -0.369 e. The van der Waals surface area contributed by atoms with Crippen LogP contribution < -0.4 is 5.32 Å². The van der Waals surface area contributed by atoms with E-state index < -0.39 is 0 Å². The summed E-state index contributed by atoms with van der Waals surface area (Å²) in [6.07, 6.45) is 1.33. The molecule has 0 fully saturated rings. The summed E-state index contributed by atoms with van der Waals surface area (Å²) in [5.74, 6) is 0. The lowest BCUT2D eigenvalue weighted by atomic mass is 10.2. The lowest BCUT2D eigenvalue weighted by Crippen LogP contribution is -2.13. The number of thiazole rings is 1. The molecule has 0 aliphatic heterocycles. The molecule has 10 heteroatoms. The van der Waals surface area contributed by atoms with E-state index in [9.17, 15) is 10.5 Å². The number of nitrogens with zero attached hydrogens (tertiary/aromatic N) is 4. The van der Waals surface area contributed by atoms with Gasteiger partial charge in [0.05, 0.1) is 21.5 Å². The van der Waals surface area contributed by atoms with Gasteiger partial charge in [0.2, 0.25) is 0 Å². The molecule has 0 saturated carbocycles. The number of aliphatic imine (C=N–C) groups is 1. The van der Waals surface area contributed by atoms with E-state index in [4.69, 9.17) is 46.4 Å². The lowest BCUT2D eigenvalue weighted by molar-refractivity contribution is 0.839. The maximum atomic E-state index is 9.27. The Bertz CT molecular complexity index is 916. The topological polar surface area (TPSA) is 84.9 Å². The summed E-state index contributed by atoms with van der Waals surface area (Å²) in [6.45, 7) is 0.180. The Morgan fingerprint density at radius 3 is 2.40 bits per heavy atom. The van der Waals surface area contributed by atoms with E-state index >= 15 is 0 Å². The second kappa shape index (κ2) is 9.05. The summed E-state index contributed by atoms with van der Waals surface area (Å²) in [5, 5.41) is 22.3. The Kier molecular flexibility index (Phi) is 7.07. The van der Waals surface area contributed by atoms with E-state index in [0.29, 0.717) is 20.5 Å². The van der Waals surface area contributed by atoms with Crippen LogP contribution in [-0.2, 0) is 6.54 Å². The van der Waals surface area contributed by atoms with Crippen molar-refractivity contribution in [3.63, 3.8) is 0 Å². The summed E-state index contributed by atoms with van der Waals surface area (Å²) in [6, 6.07) is 8.72. The second-order valence-electron chi connectivity index (χ2n) is 4.38. The van der Waals surface area contributed by atoms with Crippen LogP contribution in [0.1, 0.15) is 10.4 Å². The Hall–Kier alpha value is -1.80. The number of nitriles is 2. The Balaban J connectivity index is 2.25. The molecule has 25 heavy (non-hydrogen) atoms. The van der Waals surface area contributed by atoms with Gasteiger partial charge in [-0.2, -0.15) is 10.5 Å². The van der Waals surface area contributed by atoms with E-state index in [1.165, 1.54) is 17.6 Å². The van der Waals surface area contributed by atoms with Crippen molar-refractivity contribution in [1.29, 1.82) is 10.5 Å². The predicted octanol–water partition coefficient (Wildman–Crippen LogP) is 5.22. The van der Waals surface area contributed by atoms with Crippen LogP contribution in [0.25, 0.3) is 0 Å². The summed E-state index contributed by atoms with van der Waals surface area (Å²) in [4.78, 5) is 8.51. The third kappa shape index (κ3) is 5.09. The van der Waals surface area contributed by atoms with Crippen LogP contribution in [0.4, 0.5) is 0 Å². The van der Waals surface area contributed by atoms with E-state index in [1.54, 1.807) is 18.2 Å². The summed E-state index contributed by atoms with van der Waals surface area (Å²) >= 11 is 24.9. The number of hydrogen-bond donors (Lipinski definition) is 1. The number of allylic oxidation sites excluding steroid dienone is 2. The van der Waals surface area contributed by atoms with Gasteiger partial charge in [-0.3, -0.25) is 0 Å². The quantitative estimate of drug-likeness (QED) is 0.520. The Morgan fingerprint density at radius 1 is 1.20 bits per heavy atom. The van der Waals surface area contributed by atoms with Crippen LogP contribution in [0.3, 0.4) is 0 Å². The van der Waals surface area contributed by atoms with Gasteiger partial charge in [-0.15, -0.1) is 11.3 Å². The molecule has 0 spiro atoms.